The molecule has 2 heterocycles. The molecule has 1 aliphatic heterocycles. The van der Waals surface area contributed by atoms with Crippen LogP contribution in [0.25, 0.3) is 0 Å². The SMILES string of the molecule is CC1CC(NC(=O)Nc2cc(Oc3ccc(NC(=O)C4(C(=O)Nc5ccccc5)CC4)c(F)c3)ccn2)CCN1C. The van der Waals surface area contributed by atoms with Crippen LogP contribution >= 0.6 is 0 Å². The van der Waals surface area contributed by atoms with E-state index in [9.17, 15) is 18.8 Å². The van der Waals surface area contributed by atoms with E-state index in [2.05, 4.69) is 45.1 Å². The highest BCUT2D eigenvalue weighted by Crippen LogP contribution is 2.47. The lowest BCUT2D eigenvalue weighted by Gasteiger charge is -2.35. The lowest BCUT2D eigenvalue weighted by molar-refractivity contribution is -0.131. The summed E-state index contributed by atoms with van der Waals surface area (Å²) in [4.78, 5) is 44.6. The van der Waals surface area contributed by atoms with Crippen LogP contribution in [0.1, 0.15) is 32.6 Å². The molecule has 11 heteroatoms. The summed E-state index contributed by atoms with van der Waals surface area (Å²) in [5.41, 5.74) is -0.695. The fourth-order valence-electron chi connectivity index (χ4n) is 4.79. The summed E-state index contributed by atoms with van der Waals surface area (Å²) in [6, 6.07) is 16.1. The van der Waals surface area contributed by atoms with Crippen molar-refractivity contribution in [2.75, 3.05) is 29.5 Å². The fourth-order valence-corrected chi connectivity index (χ4v) is 4.79. The van der Waals surface area contributed by atoms with E-state index < -0.39 is 23.0 Å². The molecule has 5 rings (SSSR count). The molecule has 2 aliphatic rings. The normalized spacial score (nSPS) is 19.5. The van der Waals surface area contributed by atoms with Crippen molar-refractivity contribution >= 4 is 35.0 Å². The highest BCUT2D eigenvalue weighted by Gasteiger charge is 2.56. The second-order valence-corrected chi connectivity index (χ2v) is 10.6. The number of hydrogen-bond donors (Lipinski definition) is 4. The third kappa shape index (κ3) is 6.80. The van der Waals surface area contributed by atoms with E-state index in [1.165, 1.54) is 24.4 Å². The first-order valence-corrected chi connectivity index (χ1v) is 13.6. The number of carbonyl (C=O) groups is 3. The number of para-hydroxylation sites is 1. The molecule has 1 saturated heterocycles. The first kappa shape index (κ1) is 28.0. The van der Waals surface area contributed by atoms with E-state index in [1.807, 2.05) is 6.07 Å². The number of hydrogen-bond acceptors (Lipinski definition) is 6. The number of amides is 4. The van der Waals surface area contributed by atoms with Crippen LogP contribution in [0.5, 0.6) is 11.5 Å². The van der Waals surface area contributed by atoms with Gasteiger partial charge in [0.25, 0.3) is 0 Å². The number of nitrogens with one attached hydrogen (secondary N) is 4. The Hall–Kier alpha value is -4.51. The molecule has 3 aromatic rings. The summed E-state index contributed by atoms with van der Waals surface area (Å²) < 4.78 is 20.7. The van der Waals surface area contributed by atoms with Crippen LogP contribution in [0.3, 0.4) is 0 Å². The van der Waals surface area contributed by atoms with Gasteiger partial charge in [-0.15, -0.1) is 0 Å². The van der Waals surface area contributed by atoms with Crippen molar-refractivity contribution in [1.29, 1.82) is 0 Å². The largest absolute Gasteiger partial charge is 0.457 e. The number of aromatic nitrogens is 1. The number of rotatable bonds is 8. The first-order chi connectivity index (χ1) is 19.7. The van der Waals surface area contributed by atoms with Crippen LogP contribution in [0.4, 0.5) is 26.4 Å². The molecular formula is C30H33FN6O4. The Morgan fingerprint density at radius 2 is 1.71 bits per heavy atom. The van der Waals surface area contributed by atoms with Crippen LogP contribution < -0.4 is 26.0 Å². The average molecular weight is 561 g/mol. The van der Waals surface area contributed by atoms with Gasteiger partial charge in [0.15, 0.2) is 0 Å². The van der Waals surface area contributed by atoms with Crippen LogP contribution in [0.15, 0.2) is 66.9 Å². The van der Waals surface area contributed by atoms with Gasteiger partial charge in [-0.3, -0.25) is 14.9 Å². The van der Waals surface area contributed by atoms with Gasteiger partial charge in [0.05, 0.1) is 5.69 Å². The number of likely N-dealkylation sites (tertiary alicyclic amines) is 1. The summed E-state index contributed by atoms with van der Waals surface area (Å²) in [6.45, 7) is 3.05. The number of piperidine rings is 1. The second kappa shape index (κ2) is 11.9. The minimum absolute atomic E-state index is 0.0573. The van der Waals surface area contributed by atoms with Crippen LogP contribution in [-0.4, -0.2) is 53.4 Å². The van der Waals surface area contributed by atoms with E-state index in [-0.39, 0.29) is 29.3 Å². The maximum absolute atomic E-state index is 14.9. The lowest BCUT2D eigenvalue weighted by Crippen LogP contribution is -2.48. The predicted molar refractivity (Wildman–Crippen MR) is 153 cm³/mol. The molecule has 4 N–H and O–H groups in total. The Morgan fingerprint density at radius 1 is 0.976 bits per heavy atom. The van der Waals surface area contributed by atoms with Crippen molar-refractivity contribution in [2.45, 2.75) is 44.7 Å². The van der Waals surface area contributed by atoms with E-state index >= 15 is 0 Å². The zero-order valence-corrected chi connectivity index (χ0v) is 22.9. The van der Waals surface area contributed by atoms with Gasteiger partial charge in [-0.25, -0.2) is 14.2 Å². The molecular weight excluding hydrogens is 527 g/mol. The Balaban J connectivity index is 1.16. The summed E-state index contributed by atoms with van der Waals surface area (Å²) in [7, 11) is 2.07. The van der Waals surface area contributed by atoms with E-state index in [4.69, 9.17) is 4.74 Å². The minimum Gasteiger partial charge on any atom is -0.457 e. The summed E-state index contributed by atoms with van der Waals surface area (Å²) in [5, 5.41) is 11.0. The number of pyridine rings is 1. The van der Waals surface area contributed by atoms with Crippen molar-refractivity contribution in [3.63, 3.8) is 0 Å². The van der Waals surface area contributed by atoms with Crippen molar-refractivity contribution in [3.8, 4) is 11.5 Å². The Bertz CT molecular complexity index is 1430. The Morgan fingerprint density at radius 3 is 2.41 bits per heavy atom. The summed E-state index contributed by atoms with van der Waals surface area (Å²) in [6.07, 6.45) is 3.98. The number of carbonyl (C=O) groups excluding carboxylic acids is 3. The highest BCUT2D eigenvalue weighted by atomic mass is 19.1. The third-order valence-electron chi connectivity index (χ3n) is 7.59. The molecule has 214 valence electrons. The molecule has 2 atom stereocenters. The van der Waals surface area contributed by atoms with Gasteiger partial charge in [-0.2, -0.15) is 0 Å². The Labute approximate surface area is 237 Å². The molecule has 1 aliphatic carbocycles. The van der Waals surface area contributed by atoms with Gasteiger partial charge >= 0.3 is 6.03 Å². The lowest BCUT2D eigenvalue weighted by atomic mass is 9.99. The van der Waals surface area contributed by atoms with E-state index in [0.29, 0.717) is 30.3 Å². The fraction of sp³-hybridized carbons (Fsp3) is 0.333. The first-order valence-electron chi connectivity index (χ1n) is 13.6. The summed E-state index contributed by atoms with van der Waals surface area (Å²) in [5.74, 6) is -0.878. The molecule has 4 amide bonds. The van der Waals surface area contributed by atoms with Crippen molar-refractivity contribution in [1.82, 2.24) is 15.2 Å². The van der Waals surface area contributed by atoms with Gasteiger partial charge in [-0.1, -0.05) is 18.2 Å². The maximum Gasteiger partial charge on any atom is 0.320 e. The van der Waals surface area contributed by atoms with Gasteiger partial charge in [0.2, 0.25) is 11.8 Å². The monoisotopic (exact) mass is 560 g/mol. The molecule has 41 heavy (non-hydrogen) atoms. The van der Waals surface area contributed by atoms with E-state index in [1.54, 1.807) is 30.3 Å². The standard InChI is InChI=1S/C30H33FN6O4/c1-19-16-21(11-15-37(19)2)34-29(40)36-26-18-23(10-14-32-26)41-22-8-9-25(24(31)17-22)35-28(39)30(12-13-30)27(38)33-20-6-4-3-5-7-20/h3-10,14,17-19,21H,11-13,15-16H2,1-2H3,(H,33,38)(H,35,39)(H2,32,34,36,40). The second-order valence-electron chi connectivity index (χ2n) is 10.6. The topological polar surface area (TPSA) is 125 Å². The zero-order chi connectivity index (χ0) is 29.0. The minimum atomic E-state index is -1.23. The molecule has 10 nitrogen and oxygen atoms in total. The smallest absolute Gasteiger partial charge is 0.320 e. The van der Waals surface area contributed by atoms with Gasteiger partial charge in [-0.05, 0) is 70.0 Å². The third-order valence-corrected chi connectivity index (χ3v) is 7.59. The van der Waals surface area contributed by atoms with Gasteiger partial charge in [0.1, 0.15) is 28.5 Å². The Kier molecular flexibility index (Phi) is 8.16. The predicted octanol–water partition coefficient (Wildman–Crippen LogP) is 4.97. The molecule has 1 saturated carbocycles. The van der Waals surface area contributed by atoms with Crippen molar-refractivity contribution in [2.24, 2.45) is 5.41 Å². The molecule has 1 aromatic heterocycles. The molecule has 2 aromatic carbocycles. The molecule has 0 bridgehead atoms. The van der Waals surface area contributed by atoms with Gasteiger partial charge in [0, 0.05) is 42.6 Å². The molecule has 2 unspecified atom stereocenters. The van der Waals surface area contributed by atoms with Crippen LogP contribution in [0.2, 0.25) is 0 Å². The molecule has 0 radical (unpaired) electrons. The number of benzene rings is 2. The van der Waals surface area contributed by atoms with E-state index in [0.717, 1.165) is 25.5 Å². The zero-order valence-electron chi connectivity index (χ0n) is 22.9. The number of anilines is 3. The number of ether oxygens (including phenoxy) is 1. The summed E-state index contributed by atoms with van der Waals surface area (Å²) >= 11 is 0. The molecule has 0 spiro atoms. The van der Waals surface area contributed by atoms with Crippen LogP contribution in [-0.2, 0) is 9.59 Å². The number of halogens is 1. The van der Waals surface area contributed by atoms with Crippen LogP contribution in [0, 0.1) is 11.2 Å². The molecule has 2 fully saturated rings. The van der Waals surface area contributed by atoms with Gasteiger partial charge < -0.3 is 25.6 Å². The van der Waals surface area contributed by atoms with Crippen molar-refractivity contribution in [3.05, 3.63) is 72.7 Å². The maximum atomic E-state index is 14.9. The number of urea groups is 1. The average Bonchev–Trinajstić information content (AvgIpc) is 3.76. The quantitative estimate of drug-likeness (QED) is 0.288. The number of nitrogens with zero attached hydrogens (tertiary/aromatic N) is 2. The van der Waals surface area contributed by atoms with Crippen molar-refractivity contribution < 1.29 is 23.5 Å². The highest BCUT2D eigenvalue weighted by molar-refractivity contribution is 6.16.